The minimum atomic E-state index is -0.386. The minimum absolute atomic E-state index is 0.291. The van der Waals surface area contributed by atoms with Crippen molar-refractivity contribution in [2.75, 3.05) is 0 Å². The molecule has 2 rings (SSSR count). The van der Waals surface area contributed by atoms with Gasteiger partial charge in [-0.3, -0.25) is 23.7 Å². The lowest BCUT2D eigenvalue weighted by atomic mass is 10.2. The summed E-state index contributed by atoms with van der Waals surface area (Å²) in [6.45, 7) is 4.54. The van der Waals surface area contributed by atoms with E-state index >= 15 is 0 Å². The van der Waals surface area contributed by atoms with Gasteiger partial charge in [-0.15, -0.1) is 0 Å². The molecule has 25 heavy (non-hydrogen) atoms. The van der Waals surface area contributed by atoms with E-state index in [1.54, 1.807) is 24.6 Å². The summed E-state index contributed by atoms with van der Waals surface area (Å²) in [5, 5.41) is 0. The predicted molar refractivity (Wildman–Crippen MR) is 95.2 cm³/mol. The summed E-state index contributed by atoms with van der Waals surface area (Å²) in [5.74, 6) is 0. The van der Waals surface area contributed by atoms with E-state index in [1.165, 1.54) is 17.7 Å². The van der Waals surface area contributed by atoms with Crippen molar-refractivity contribution in [3.8, 4) is 0 Å². The normalized spacial score (nSPS) is 11.0. The third kappa shape index (κ3) is 4.46. The van der Waals surface area contributed by atoms with Gasteiger partial charge in [-0.2, -0.15) is 0 Å². The van der Waals surface area contributed by atoms with Gasteiger partial charge >= 0.3 is 11.4 Å². The van der Waals surface area contributed by atoms with E-state index in [9.17, 15) is 19.2 Å². The fourth-order valence-electron chi connectivity index (χ4n) is 2.74. The first kappa shape index (κ1) is 18.7. The van der Waals surface area contributed by atoms with Crippen LogP contribution in [0.5, 0.6) is 0 Å². The number of hydrogen-bond donors (Lipinski definition) is 1. The van der Waals surface area contributed by atoms with Gasteiger partial charge in [0.2, 0.25) is 0 Å². The second-order valence-corrected chi connectivity index (χ2v) is 6.30. The molecular formula is C17H24N4O4. The van der Waals surface area contributed by atoms with E-state index in [-0.39, 0.29) is 22.5 Å². The average Bonchev–Trinajstić information content (AvgIpc) is 2.55. The third-order valence-corrected chi connectivity index (χ3v) is 4.33. The number of aryl methyl sites for hydroxylation is 3. The van der Waals surface area contributed by atoms with Gasteiger partial charge in [0.05, 0.1) is 0 Å². The first-order valence-corrected chi connectivity index (χ1v) is 8.39. The van der Waals surface area contributed by atoms with Crippen LogP contribution in [0.2, 0.25) is 0 Å². The number of nitrogens with one attached hydrogen (secondary N) is 1. The Kier molecular flexibility index (Phi) is 5.95. The van der Waals surface area contributed by atoms with Crippen LogP contribution < -0.4 is 22.5 Å². The van der Waals surface area contributed by atoms with Gasteiger partial charge < -0.3 is 4.57 Å². The lowest BCUT2D eigenvalue weighted by Crippen LogP contribution is -2.38. The van der Waals surface area contributed by atoms with Crippen LogP contribution in [0.15, 0.2) is 31.4 Å². The zero-order valence-electron chi connectivity index (χ0n) is 14.9. The number of aromatic nitrogens is 4. The monoisotopic (exact) mass is 348 g/mol. The standard InChI is InChI=1S/C17H24N4O4/c1-12-11-20(16(24)18-15(12)23)8-6-4-5-7-9-21-13(2)10-14(22)19(3)17(21)25/h10-11H,4-9H2,1-3H3,(H,18,23,24). The van der Waals surface area contributed by atoms with Gasteiger partial charge in [-0.05, 0) is 26.7 Å². The number of unbranched alkanes of at least 4 members (excludes halogenated alkanes) is 3. The number of aromatic amines is 1. The molecule has 0 bridgehead atoms. The summed E-state index contributed by atoms with van der Waals surface area (Å²) in [6, 6.07) is 1.46. The highest BCUT2D eigenvalue weighted by atomic mass is 16.2. The molecule has 136 valence electrons. The lowest BCUT2D eigenvalue weighted by molar-refractivity contribution is 0.504. The Hall–Kier alpha value is -2.64. The largest absolute Gasteiger partial charge is 0.330 e. The molecule has 0 unspecified atom stereocenters. The highest BCUT2D eigenvalue weighted by Gasteiger charge is 2.05. The van der Waals surface area contributed by atoms with Gasteiger partial charge in [0, 0.05) is 43.7 Å². The molecule has 0 aromatic carbocycles. The Labute approximate surface area is 144 Å². The maximum Gasteiger partial charge on any atom is 0.330 e. The van der Waals surface area contributed by atoms with E-state index in [4.69, 9.17) is 0 Å². The third-order valence-electron chi connectivity index (χ3n) is 4.33. The molecule has 0 aliphatic carbocycles. The van der Waals surface area contributed by atoms with Crippen LogP contribution in [0, 0.1) is 13.8 Å². The Morgan fingerprint density at radius 2 is 1.60 bits per heavy atom. The van der Waals surface area contributed by atoms with Crippen molar-refractivity contribution in [1.82, 2.24) is 18.7 Å². The predicted octanol–water partition coefficient (Wildman–Crippen LogP) is 0.274. The van der Waals surface area contributed by atoms with Crippen molar-refractivity contribution in [2.45, 2.75) is 52.6 Å². The van der Waals surface area contributed by atoms with Gasteiger partial charge in [0.25, 0.3) is 11.1 Å². The first-order valence-electron chi connectivity index (χ1n) is 8.39. The number of nitrogens with zero attached hydrogens (tertiary/aromatic N) is 3. The summed E-state index contributed by atoms with van der Waals surface area (Å²) in [4.78, 5) is 48.9. The van der Waals surface area contributed by atoms with Gasteiger partial charge in [0.1, 0.15) is 0 Å². The van der Waals surface area contributed by atoms with Crippen LogP contribution in [-0.2, 0) is 20.1 Å². The van der Waals surface area contributed by atoms with Crippen LogP contribution in [0.4, 0.5) is 0 Å². The van der Waals surface area contributed by atoms with E-state index in [0.717, 1.165) is 30.3 Å². The lowest BCUT2D eigenvalue weighted by Gasteiger charge is -2.11. The van der Waals surface area contributed by atoms with Crippen molar-refractivity contribution < 1.29 is 0 Å². The molecule has 2 aromatic rings. The van der Waals surface area contributed by atoms with Gasteiger partial charge in [0.15, 0.2) is 0 Å². The molecule has 0 fully saturated rings. The molecule has 1 N–H and O–H groups in total. The highest BCUT2D eigenvalue weighted by Crippen LogP contribution is 2.04. The van der Waals surface area contributed by atoms with E-state index in [0.29, 0.717) is 24.3 Å². The molecular weight excluding hydrogens is 324 g/mol. The number of hydrogen-bond acceptors (Lipinski definition) is 4. The molecule has 0 radical (unpaired) electrons. The minimum Gasteiger partial charge on any atom is -0.300 e. The number of rotatable bonds is 7. The topological polar surface area (TPSA) is 98.9 Å². The quantitative estimate of drug-likeness (QED) is 0.726. The van der Waals surface area contributed by atoms with Crippen LogP contribution in [0.25, 0.3) is 0 Å². The van der Waals surface area contributed by atoms with Crippen molar-refractivity contribution in [1.29, 1.82) is 0 Å². The molecule has 0 atom stereocenters. The zero-order chi connectivity index (χ0) is 18.6. The second kappa shape index (κ2) is 7.96. The maximum atomic E-state index is 12.1. The fraction of sp³-hybridized carbons (Fsp3) is 0.529. The van der Waals surface area contributed by atoms with Crippen LogP contribution >= 0.6 is 0 Å². The summed E-state index contributed by atoms with van der Waals surface area (Å²) >= 11 is 0. The zero-order valence-corrected chi connectivity index (χ0v) is 14.9. The molecule has 0 spiro atoms. The Morgan fingerprint density at radius 3 is 2.28 bits per heavy atom. The molecule has 2 heterocycles. The first-order chi connectivity index (χ1) is 11.8. The SMILES string of the molecule is Cc1cn(CCCCCCn2c(C)cc(=O)n(C)c2=O)c(=O)[nH]c1=O. The molecule has 0 aliphatic heterocycles. The Bertz CT molecular complexity index is 978. The fourth-order valence-corrected chi connectivity index (χ4v) is 2.74. The molecule has 0 saturated carbocycles. The van der Waals surface area contributed by atoms with Crippen LogP contribution in [-0.4, -0.2) is 18.7 Å². The van der Waals surface area contributed by atoms with Crippen molar-refractivity contribution in [3.63, 3.8) is 0 Å². The molecule has 8 heteroatoms. The molecule has 0 amide bonds. The Morgan fingerprint density at radius 1 is 0.960 bits per heavy atom. The number of H-pyrrole nitrogens is 1. The average molecular weight is 348 g/mol. The molecule has 0 saturated heterocycles. The molecule has 2 aromatic heterocycles. The Balaban J connectivity index is 1.84. The van der Waals surface area contributed by atoms with Crippen molar-refractivity contribution in [2.24, 2.45) is 7.05 Å². The van der Waals surface area contributed by atoms with Crippen LogP contribution in [0.1, 0.15) is 36.9 Å². The van der Waals surface area contributed by atoms with Gasteiger partial charge in [-0.25, -0.2) is 9.59 Å². The summed E-state index contributed by atoms with van der Waals surface area (Å²) in [5.41, 5.74) is -0.129. The highest BCUT2D eigenvalue weighted by molar-refractivity contribution is 5.01. The smallest absolute Gasteiger partial charge is 0.300 e. The summed E-state index contributed by atoms with van der Waals surface area (Å²) < 4.78 is 4.23. The van der Waals surface area contributed by atoms with Crippen LogP contribution in [0.3, 0.4) is 0 Å². The van der Waals surface area contributed by atoms with E-state index < -0.39 is 0 Å². The van der Waals surface area contributed by atoms with E-state index in [2.05, 4.69) is 4.98 Å². The summed E-state index contributed by atoms with van der Waals surface area (Å²) in [7, 11) is 1.48. The molecule has 0 aliphatic rings. The summed E-state index contributed by atoms with van der Waals surface area (Å²) in [6.07, 6.45) is 5.02. The second-order valence-electron chi connectivity index (χ2n) is 6.30. The maximum absolute atomic E-state index is 12.1. The molecule has 8 nitrogen and oxygen atoms in total. The van der Waals surface area contributed by atoms with Gasteiger partial charge in [-0.1, -0.05) is 12.8 Å². The van der Waals surface area contributed by atoms with Crippen molar-refractivity contribution >= 4 is 0 Å². The van der Waals surface area contributed by atoms with Crippen molar-refractivity contribution in [3.05, 3.63) is 65.2 Å². The van der Waals surface area contributed by atoms with E-state index in [1.807, 2.05) is 0 Å².